The van der Waals surface area contributed by atoms with Gasteiger partial charge in [-0.3, -0.25) is 20.4 Å². The monoisotopic (exact) mass is 442 g/mol. The van der Waals surface area contributed by atoms with E-state index in [-0.39, 0.29) is 18.1 Å². The van der Waals surface area contributed by atoms with Crippen molar-refractivity contribution < 1.29 is 36.6 Å². The molecule has 10 nitrogen and oxygen atoms in total. The number of hydrazone groups is 1. The summed E-state index contributed by atoms with van der Waals surface area (Å²) in [6.07, 6.45) is -10.2. The summed E-state index contributed by atoms with van der Waals surface area (Å²) in [7, 11) is 1.51. The van der Waals surface area contributed by atoms with Crippen molar-refractivity contribution in [2.45, 2.75) is 19.5 Å². The molecule has 0 aromatic heterocycles. The highest BCUT2D eigenvalue weighted by Gasteiger charge is 2.44. The number of guanidine groups is 1. The summed E-state index contributed by atoms with van der Waals surface area (Å²) in [4.78, 5) is 24.1. The van der Waals surface area contributed by atoms with Crippen LogP contribution in [0.25, 0.3) is 0 Å². The van der Waals surface area contributed by atoms with Gasteiger partial charge in [-0.25, -0.2) is 10.3 Å². The largest absolute Gasteiger partial charge is 0.461 e. The molecule has 0 saturated heterocycles. The smallest absolute Gasteiger partial charge is 0.450 e. The van der Waals surface area contributed by atoms with Crippen molar-refractivity contribution in [3.63, 3.8) is 0 Å². The number of halogens is 5. The van der Waals surface area contributed by atoms with E-state index < -0.39 is 41.0 Å². The lowest BCUT2D eigenvalue weighted by molar-refractivity contribution is -0.252. The van der Waals surface area contributed by atoms with Crippen LogP contribution in [0.5, 0.6) is 5.75 Å². The molecule has 0 bridgehead atoms. The van der Waals surface area contributed by atoms with E-state index in [4.69, 9.17) is 11.6 Å². The molecule has 0 fully saturated rings. The minimum atomic E-state index is -4.88. The van der Waals surface area contributed by atoms with Gasteiger partial charge >= 0.3 is 18.6 Å². The molecule has 160 valence electrons. The van der Waals surface area contributed by atoms with Gasteiger partial charge in [-0.05, 0) is 19.1 Å². The summed E-state index contributed by atoms with van der Waals surface area (Å²) in [5, 5.41) is 8.79. The highest BCUT2D eigenvalue weighted by molar-refractivity contribution is 6.37. The Hall–Kier alpha value is -3.00. The second-order valence-electron chi connectivity index (χ2n) is 5.28. The van der Waals surface area contributed by atoms with Gasteiger partial charge in [0.25, 0.3) is 5.91 Å². The number of amides is 2. The predicted octanol–water partition coefficient (Wildman–Crippen LogP) is 2.10. The van der Waals surface area contributed by atoms with E-state index in [0.29, 0.717) is 0 Å². The third-order valence-corrected chi connectivity index (χ3v) is 3.67. The number of hydrogen-bond acceptors (Lipinski definition) is 8. The van der Waals surface area contributed by atoms with Crippen LogP contribution in [-0.4, -0.2) is 49.2 Å². The van der Waals surface area contributed by atoms with E-state index >= 15 is 0 Å². The molecular formula is C14H15ClF4N6O4. The van der Waals surface area contributed by atoms with Crippen LogP contribution < -0.4 is 26.4 Å². The average Bonchev–Trinajstić information content (AvgIpc) is 3.02. The third-order valence-electron chi connectivity index (χ3n) is 3.27. The fourth-order valence-electron chi connectivity index (χ4n) is 1.96. The Bertz CT molecular complexity index is 826. The maximum Gasteiger partial charge on any atom is 0.461 e. The molecule has 2 rings (SSSR count). The number of hydrazine groups is 2. The molecule has 1 aliphatic rings. The van der Waals surface area contributed by atoms with E-state index in [1.165, 1.54) is 19.0 Å². The maximum atomic E-state index is 13.3. The normalized spacial score (nSPS) is 13.7. The SMILES string of the molecule is CCOC(=O)Nc1c(OC(F)(F)C(F)F)ccc(C(=O)NC2=NNNN2C)c1Cl. The van der Waals surface area contributed by atoms with E-state index in [1.807, 2.05) is 5.32 Å². The van der Waals surface area contributed by atoms with Gasteiger partial charge in [0.15, 0.2) is 5.75 Å². The van der Waals surface area contributed by atoms with Crippen molar-refractivity contribution >= 4 is 35.2 Å². The van der Waals surface area contributed by atoms with Crippen LogP contribution in [0, 0.1) is 0 Å². The lowest BCUT2D eigenvalue weighted by Crippen LogP contribution is -2.45. The van der Waals surface area contributed by atoms with E-state index in [0.717, 1.165) is 12.1 Å². The molecule has 0 spiro atoms. The van der Waals surface area contributed by atoms with Gasteiger partial charge in [-0.1, -0.05) is 11.6 Å². The zero-order valence-corrected chi connectivity index (χ0v) is 15.6. The van der Waals surface area contributed by atoms with Gasteiger partial charge < -0.3 is 9.47 Å². The Labute approximate surface area is 166 Å². The van der Waals surface area contributed by atoms with Crippen LogP contribution in [0.4, 0.5) is 28.0 Å². The molecule has 1 aromatic rings. The van der Waals surface area contributed by atoms with Crippen molar-refractivity contribution in [2.24, 2.45) is 5.10 Å². The van der Waals surface area contributed by atoms with Gasteiger partial charge in [0.2, 0.25) is 5.96 Å². The molecule has 1 heterocycles. The lowest BCUT2D eigenvalue weighted by atomic mass is 10.1. The molecule has 2 amide bonds. The molecule has 4 N–H and O–H groups in total. The van der Waals surface area contributed by atoms with Gasteiger partial charge in [-0.2, -0.15) is 17.6 Å². The van der Waals surface area contributed by atoms with E-state index in [9.17, 15) is 27.2 Å². The molecule has 0 radical (unpaired) electrons. The van der Waals surface area contributed by atoms with Crippen molar-refractivity contribution in [3.8, 4) is 5.75 Å². The first kappa shape index (κ1) is 22.3. The van der Waals surface area contributed by atoms with Crippen LogP contribution in [0.2, 0.25) is 5.02 Å². The number of ether oxygens (including phenoxy) is 2. The topological polar surface area (TPSA) is 116 Å². The number of rotatable bonds is 6. The summed E-state index contributed by atoms with van der Waals surface area (Å²) >= 11 is 6.06. The first-order valence-electron chi connectivity index (χ1n) is 7.81. The molecule has 0 saturated carbocycles. The molecule has 0 unspecified atom stereocenters. The number of benzene rings is 1. The number of nitrogens with zero attached hydrogens (tertiary/aromatic N) is 2. The van der Waals surface area contributed by atoms with Crippen molar-refractivity contribution in [2.75, 3.05) is 19.0 Å². The first-order valence-corrected chi connectivity index (χ1v) is 8.19. The second-order valence-corrected chi connectivity index (χ2v) is 5.66. The second kappa shape index (κ2) is 9.00. The number of carbonyl (C=O) groups is 2. The van der Waals surface area contributed by atoms with Gasteiger partial charge in [0.1, 0.15) is 5.69 Å². The van der Waals surface area contributed by atoms with Crippen LogP contribution in [-0.2, 0) is 4.74 Å². The van der Waals surface area contributed by atoms with Crippen LogP contribution >= 0.6 is 11.6 Å². The Morgan fingerprint density at radius 2 is 2.03 bits per heavy atom. The Morgan fingerprint density at radius 3 is 2.59 bits per heavy atom. The van der Waals surface area contributed by atoms with Crippen LogP contribution in [0.1, 0.15) is 17.3 Å². The minimum absolute atomic E-state index is 0.0375. The summed E-state index contributed by atoms with van der Waals surface area (Å²) < 4.78 is 60.2. The van der Waals surface area contributed by atoms with Crippen molar-refractivity contribution in [3.05, 3.63) is 22.7 Å². The van der Waals surface area contributed by atoms with Crippen molar-refractivity contribution in [1.82, 2.24) is 21.4 Å². The highest BCUT2D eigenvalue weighted by Crippen LogP contribution is 2.39. The predicted molar refractivity (Wildman–Crippen MR) is 92.6 cm³/mol. The maximum absolute atomic E-state index is 13.3. The number of anilines is 1. The lowest BCUT2D eigenvalue weighted by Gasteiger charge is -2.21. The molecule has 1 aromatic carbocycles. The van der Waals surface area contributed by atoms with Crippen molar-refractivity contribution in [1.29, 1.82) is 0 Å². The van der Waals surface area contributed by atoms with Crippen LogP contribution in [0.3, 0.4) is 0 Å². The van der Waals surface area contributed by atoms with E-state index in [1.54, 1.807) is 0 Å². The quantitative estimate of drug-likeness (QED) is 0.498. The van der Waals surface area contributed by atoms with Crippen LogP contribution in [0.15, 0.2) is 17.2 Å². The van der Waals surface area contributed by atoms with Gasteiger partial charge in [0, 0.05) is 7.05 Å². The zero-order chi connectivity index (χ0) is 21.8. The summed E-state index contributed by atoms with van der Waals surface area (Å²) in [5.74, 6) is -1.70. The number of alkyl halides is 4. The Kier molecular flexibility index (Phi) is 6.92. The summed E-state index contributed by atoms with van der Waals surface area (Å²) in [5.41, 5.74) is 3.93. The molecule has 15 heteroatoms. The molecule has 0 atom stereocenters. The molecule has 1 aliphatic heterocycles. The summed E-state index contributed by atoms with van der Waals surface area (Å²) in [6.45, 7) is 1.38. The Balaban J connectivity index is 2.39. The first-order chi connectivity index (χ1) is 13.6. The Morgan fingerprint density at radius 1 is 1.34 bits per heavy atom. The zero-order valence-electron chi connectivity index (χ0n) is 14.9. The molecule has 0 aliphatic carbocycles. The average molecular weight is 443 g/mol. The highest BCUT2D eigenvalue weighted by atomic mass is 35.5. The molecular weight excluding hydrogens is 428 g/mol. The fourth-order valence-corrected chi connectivity index (χ4v) is 2.25. The minimum Gasteiger partial charge on any atom is -0.450 e. The number of hydrogen-bond donors (Lipinski definition) is 4. The third kappa shape index (κ3) is 5.29. The number of carbonyl (C=O) groups excluding carboxylic acids is 2. The van der Waals surface area contributed by atoms with Gasteiger partial charge in [0.05, 0.1) is 17.2 Å². The number of nitrogens with one attached hydrogen (secondary N) is 4. The standard InChI is InChI=1S/C14H15ClF4N6O4/c1-3-28-13(27)20-9-7(29-14(18,19)11(16)17)5-4-6(8(9)15)10(26)21-12-22-23-24-25(12)2/h4-5,11,23-24H,3H2,1-2H3,(H,20,27)(H,21,22,26). The van der Waals surface area contributed by atoms with Gasteiger partial charge in [-0.15, -0.1) is 10.6 Å². The fraction of sp³-hybridized carbons (Fsp3) is 0.357. The van der Waals surface area contributed by atoms with E-state index in [2.05, 4.69) is 31.0 Å². The molecule has 29 heavy (non-hydrogen) atoms. The summed E-state index contributed by atoms with van der Waals surface area (Å²) in [6, 6.07) is 1.72.